The molecule has 19 heavy (non-hydrogen) atoms. The SMILES string of the molecule is BC(B)(C)N(c1cc(C)nc2ncnn12)C(B)(B)C. The fourth-order valence-electron chi connectivity index (χ4n) is 2.76. The number of aromatic nitrogens is 4. The van der Waals surface area contributed by atoms with Crippen LogP contribution < -0.4 is 4.90 Å². The Bertz CT molecular complexity index is 584. The van der Waals surface area contributed by atoms with Crippen LogP contribution >= 0.6 is 0 Å². The molecule has 2 rings (SSSR count). The van der Waals surface area contributed by atoms with E-state index >= 15 is 0 Å². The highest BCUT2D eigenvalue weighted by atomic mass is 15.4. The van der Waals surface area contributed by atoms with Crippen molar-refractivity contribution in [1.29, 1.82) is 0 Å². The van der Waals surface area contributed by atoms with Crippen molar-refractivity contribution in [1.82, 2.24) is 19.6 Å². The maximum Gasteiger partial charge on any atom is 0.254 e. The minimum absolute atomic E-state index is 0.0229. The summed E-state index contributed by atoms with van der Waals surface area (Å²) in [5, 5.41) is 4.26. The second kappa shape index (κ2) is 4.32. The van der Waals surface area contributed by atoms with E-state index in [-0.39, 0.29) is 10.7 Å². The van der Waals surface area contributed by atoms with Crippen molar-refractivity contribution in [3.8, 4) is 0 Å². The molecule has 0 atom stereocenters. The van der Waals surface area contributed by atoms with E-state index in [0.29, 0.717) is 5.78 Å². The van der Waals surface area contributed by atoms with E-state index in [2.05, 4.69) is 71.3 Å². The summed E-state index contributed by atoms with van der Waals surface area (Å²) < 4.78 is 1.81. The van der Waals surface area contributed by atoms with Gasteiger partial charge >= 0.3 is 0 Å². The summed E-state index contributed by atoms with van der Waals surface area (Å²) in [7, 11) is 8.82. The Kier molecular flexibility index (Phi) is 3.19. The van der Waals surface area contributed by atoms with Gasteiger partial charge in [-0.15, -0.1) is 0 Å². The zero-order chi connectivity index (χ0) is 14.4. The van der Waals surface area contributed by atoms with Gasteiger partial charge in [0.05, 0.1) is 0 Å². The molecule has 0 amide bonds. The normalized spacial score (nSPS) is 12.8. The van der Waals surface area contributed by atoms with Crippen LogP contribution in [0, 0.1) is 6.92 Å². The van der Waals surface area contributed by atoms with E-state index in [9.17, 15) is 0 Å². The van der Waals surface area contributed by atoms with Gasteiger partial charge in [0, 0.05) is 11.8 Å². The van der Waals surface area contributed by atoms with Crippen LogP contribution in [-0.2, 0) is 0 Å². The third-order valence-corrected chi connectivity index (χ3v) is 2.93. The Balaban J connectivity index is 2.73. The second-order valence-electron chi connectivity index (χ2n) is 6.90. The van der Waals surface area contributed by atoms with Gasteiger partial charge < -0.3 is 4.90 Å². The zero-order valence-corrected chi connectivity index (χ0v) is 12.9. The van der Waals surface area contributed by atoms with Crippen LogP contribution in [0.15, 0.2) is 12.4 Å². The monoisotopic (exact) mass is 253 g/mol. The van der Waals surface area contributed by atoms with Gasteiger partial charge in [0.25, 0.3) is 5.78 Å². The molecule has 0 aliphatic carbocycles. The van der Waals surface area contributed by atoms with Gasteiger partial charge in [0.1, 0.15) is 43.5 Å². The third-order valence-electron chi connectivity index (χ3n) is 2.93. The average Bonchev–Trinajstić information content (AvgIpc) is 2.60. The van der Waals surface area contributed by atoms with E-state index in [4.69, 9.17) is 0 Å². The molecule has 0 bridgehead atoms. The van der Waals surface area contributed by atoms with Crippen LogP contribution in [0.4, 0.5) is 5.82 Å². The molecule has 0 saturated carbocycles. The smallest absolute Gasteiger partial charge is 0.254 e. The molecule has 0 aliphatic rings. The molecule has 5 nitrogen and oxygen atoms in total. The molecule has 0 radical (unpaired) electrons. The Morgan fingerprint density at radius 3 is 2.26 bits per heavy atom. The minimum Gasteiger partial charge on any atom is -0.377 e. The van der Waals surface area contributed by atoms with Gasteiger partial charge in [0.2, 0.25) is 0 Å². The summed E-state index contributed by atoms with van der Waals surface area (Å²) in [4.78, 5) is 11.0. The number of fused-ring (bicyclic) bond motifs is 1. The van der Waals surface area contributed by atoms with Crippen molar-refractivity contribution < 1.29 is 0 Å². The molecule has 0 spiro atoms. The van der Waals surface area contributed by atoms with Crippen molar-refractivity contribution in [3.05, 3.63) is 18.1 Å². The summed E-state index contributed by atoms with van der Waals surface area (Å²) in [5.41, 5.74) is 0.953. The molecule has 0 N–H and O–H groups in total. The topological polar surface area (TPSA) is 46.3 Å². The van der Waals surface area contributed by atoms with E-state index in [0.717, 1.165) is 11.5 Å². The Labute approximate surface area is 117 Å². The van der Waals surface area contributed by atoms with Crippen LogP contribution in [-0.4, -0.2) is 61.6 Å². The molecule has 2 heterocycles. The lowest BCUT2D eigenvalue weighted by atomic mass is 9.54. The Hall–Kier alpha value is -1.39. The fraction of sp³-hybridized carbons (Fsp3) is 0.500. The lowest BCUT2D eigenvalue weighted by molar-refractivity contribution is 0.649. The fourth-order valence-corrected chi connectivity index (χ4v) is 2.76. The molecule has 0 unspecified atom stereocenters. The van der Waals surface area contributed by atoms with Crippen molar-refractivity contribution in [2.45, 2.75) is 31.4 Å². The van der Waals surface area contributed by atoms with E-state index in [1.807, 2.05) is 11.4 Å². The van der Waals surface area contributed by atoms with Crippen LogP contribution in [0.1, 0.15) is 19.5 Å². The maximum absolute atomic E-state index is 4.41. The summed E-state index contributed by atoms with van der Waals surface area (Å²) in [5.74, 6) is 1.67. The number of anilines is 1. The molecule has 0 aliphatic heterocycles. The number of rotatable bonds is 3. The predicted molar refractivity (Wildman–Crippen MR) is 89.0 cm³/mol. The Morgan fingerprint density at radius 2 is 1.74 bits per heavy atom. The predicted octanol–water partition coefficient (Wildman–Crippen LogP) is -2.88. The molecule has 0 saturated heterocycles. The van der Waals surface area contributed by atoms with Crippen molar-refractivity contribution >= 4 is 43.0 Å². The molecular weight excluding hydrogens is 233 g/mol. The highest BCUT2D eigenvalue weighted by molar-refractivity contribution is 6.46. The summed E-state index contributed by atoms with van der Waals surface area (Å²) >= 11 is 0. The van der Waals surface area contributed by atoms with Gasteiger partial charge in [-0.25, -0.2) is 4.98 Å². The molecule has 0 aromatic carbocycles. The zero-order valence-electron chi connectivity index (χ0n) is 12.9. The average molecular weight is 253 g/mol. The minimum atomic E-state index is -0.0229. The van der Waals surface area contributed by atoms with Gasteiger partial charge in [0.15, 0.2) is 0 Å². The van der Waals surface area contributed by atoms with E-state index in [1.165, 1.54) is 0 Å². The summed E-state index contributed by atoms with van der Waals surface area (Å²) in [6.45, 7) is 6.40. The lowest BCUT2D eigenvalue weighted by Gasteiger charge is -2.48. The first-order valence-electron chi connectivity index (χ1n) is 6.58. The van der Waals surface area contributed by atoms with Crippen molar-refractivity contribution in [2.24, 2.45) is 0 Å². The maximum atomic E-state index is 4.41. The van der Waals surface area contributed by atoms with Gasteiger partial charge in [-0.1, -0.05) is 13.8 Å². The largest absolute Gasteiger partial charge is 0.377 e. The van der Waals surface area contributed by atoms with Crippen LogP contribution in [0.25, 0.3) is 5.78 Å². The van der Waals surface area contributed by atoms with Crippen LogP contribution in [0.3, 0.4) is 0 Å². The highest BCUT2D eigenvalue weighted by Gasteiger charge is 2.33. The van der Waals surface area contributed by atoms with Gasteiger partial charge in [-0.3, -0.25) is 0 Å². The Morgan fingerprint density at radius 1 is 1.16 bits per heavy atom. The van der Waals surface area contributed by atoms with Crippen molar-refractivity contribution in [3.63, 3.8) is 0 Å². The standard InChI is InChI=1S/C10H19B4N5/c1-6-4-7(18-8(17-6)15-5-16-18)19(9(2,11)12)10(3,13)14/h4-5H,11-14H2,1-3H3. The number of aryl methyl sites for hydroxylation is 1. The van der Waals surface area contributed by atoms with E-state index < -0.39 is 0 Å². The first kappa shape index (κ1) is 14.0. The number of nitrogens with zero attached hydrogens (tertiary/aromatic N) is 5. The molecular formula is C10H19B4N5. The third kappa shape index (κ3) is 2.65. The molecule has 2 aromatic heterocycles. The molecule has 96 valence electrons. The van der Waals surface area contributed by atoms with E-state index in [1.54, 1.807) is 6.33 Å². The van der Waals surface area contributed by atoms with Crippen molar-refractivity contribution in [2.75, 3.05) is 4.90 Å². The van der Waals surface area contributed by atoms with Crippen LogP contribution in [0.2, 0.25) is 0 Å². The second-order valence-corrected chi connectivity index (χ2v) is 6.90. The first-order chi connectivity index (χ1) is 8.60. The molecule has 9 heteroatoms. The number of hydrogen-bond acceptors (Lipinski definition) is 4. The highest BCUT2D eigenvalue weighted by Crippen LogP contribution is 2.26. The lowest BCUT2D eigenvalue weighted by Crippen LogP contribution is -2.61. The molecule has 2 aromatic rings. The first-order valence-corrected chi connectivity index (χ1v) is 6.58. The molecule has 0 fully saturated rings. The van der Waals surface area contributed by atoms with Gasteiger partial charge in [-0.05, 0) is 17.6 Å². The summed E-state index contributed by atoms with van der Waals surface area (Å²) in [6.07, 6.45) is 1.55. The quantitative estimate of drug-likeness (QED) is 0.551. The summed E-state index contributed by atoms with van der Waals surface area (Å²) in [6, 6.07) is 2.07. The van der Waals surface area contributed by atoms with Gasteiger partial charge in [-0.2, -0.15) is 14.6 Å². The van der Waals surface area contributed by atoms with Crippen LogP contribution in [0.5, 0.6) is 0 Å². The number of hydrogen-bond donors (Lipinski definition) is 0.